The topological polar surface area (TPSA) is 437 Å². The largest absolute Gasteiger partial charge is 0.508 e. The number of primary amides is 4. The van der Waals surface area contributed by atoms with Crippen molar-refractivity contribution in [3.8, 4) is 5.75 Å². The second kappa shape index (κ2) is 29.0. The summed E-state index contributed by atoms with van der Waals surface area (Å²) in [5.41, 5.74) is 22.0. The molecule has 1 aromatic carbocycles. The number of nitrogens with two attached hydrogens (primary N) is 4. The van der Waals surface area contributed by atoms with Crippen LogP contribution in [-0.2, 0) is 64.0 Å². The Morgan fingerprint density at radius 1 is 0.577 bits per heavy atom. The summed E-state index contributed by atoms with van der Waals surface area (Å²) in [6.45, 7) is 0.919. The number of hydrogen-bond acceptors (Lipinski definition) is 14. The van der Waals surface area contributed by atoms with Crippen molar-refractivity contribution in [3.63, 3.8) is 0 Å². The number of fused-ring (bicyclic) bond motifs is 1. The molecule has 0 spiro atoms. The monoisotopic (exact) mass is 1000 g/mol. The van der Waals surface area contributed by atoms with Crippen LogP contribution in [0.4, 0.5) is 0 Å². The van der Waals surface area contributed by atoms with Gasteiger partial charge < -0.3 is 75.3 Å². The molecule has 71 heavy (non-hydrogen) atoms. The molecule has 0 saturated carbocycles. The summed E-state index contributed by atoms with van der Waals surface area (Å²) >= 11 is 0. The minimum absolute atomic E-state index is 0.0161. The number of unbranched alkanes of at least 4 members (excludes halogenated alkanes) is 5. The van der Waals surface area contributed by atoms with Crippen LogP contribution in [0.25, 0.3) is 0 Å². The van der Waals surface area contributed by atoms with Gasteiger partial charge >= 0.3 is 0 Å². The number of aliphatic hydroxyl groups is 1. The number of rotatable bonds is 19. The van der Waals surface area contributed by atoms with E-state index in [9.17, 15) is 67.7 Å². The zero-order valence-electron chi connectivity index (χ0n) is 39.7. The second-order valence-corrected chi connectivity index (χ2v) is 17.7. The van der Waals surface area contributed by atoms with E-state index in [1.807, 2.05) is 0 Å². The van der Waals surface area contributed by atoms with Gasteiger partial charge in [-0.1, -0.05) is 57.6 Å². The van der Waals surface area contributed by atoms with E-state index in [0.717, 1.165) is 37.0 Å². The number of carbonyl (C=O) groups excluding carboxylic acids is 12. The first-order chi connectivity index (χ1) is 33.6. The maximum absolute atomic E-state index is 14.1. The van der Waals surface area contributed by atoms with Crippen LogP contribution in [-0.4, -0.2) is 147 Å². The molecule has 0 aliphatic carbocycles. The summed E-state index contributed by atoms with van der Waals surface area (Å²) in [6.07, 6.45) is 1.40. The highest BCUT2D eigenvalue weighted by Gasteiger charge is 2.40. The molecule has 2 fully saturated rings. The summed E-state index contributed by atoms with van der Waals surface area (Å²) in [5.74, 6) is -12.7. The molecule has 8 atom stereocenters. The number of phenols is 1. The number of nitrogens with zero attached hydrogens (tertiary/aromatic N) is 1. The van der Waals surface area contributed by atoms with Crippen molar-refractivity contribution in [3.05, 3.63) is 29.8 Å². The van der Waals surface area contributed by atoms with Gasteiger partial charge in [0.1, 0.15) is 48.0 Å². The van der Waals surface area contributed by atoms with Crippen LogP contribution in [0.1, 0.15) is 109 Å². The molecule has 2 aliphatic rings. The van der Waals surface area contributed by atoms with Crippen molar-refractivity contribution < 1.29 is 67.7 Å². The number of nitrogens with one attached hydrogen (secondary N) is 7. The minimum Gasteiger partial charge on any atom is -0.508 e. The van der Waals surface area contributed by atoms with Gasteiger partial charge in [-0.05, 0) is 43.4 Å². The van der Waals surface area contributed by atoms with Crippen LogP contribution >= 0.6 is 0 Å². The van der Waals surface area contributed by atoms with Crippen LogP contribution in [0.2, 0.25) is 0 Å². The van der Waals surface area contributed by atoms with E-state index in [-0.39, 0.29) is 31.6 Å². The third kappa shape index (κ3) is 19.9. The quantitative estimate of drug-likeness (QED) is 0.0580. The number of aliphatic hydroxyl groups excluding tert-OH is 1. The molecule has 2 aliphatic heterocycles. The van der Waals surface area contributed by atoms with Crippen LogP contribution in [0.5, 0.6) is 5.75 Å². The van der Waals surface area contributed by atoms with E-state index < -0.39 is 164 Å². The standard InChI is InChI=1S/C45H68N12O14/c1-2-3-4-5-6-7-9-25-19-38(64)51-29(20-35(47)61)41(67)53-28(18-24-11-13-26(59)14-12-24)40(66)54-30(21-36(48)62)42(68)52-27(15-16-34(46)60)39(65)56-32(23-58)43(69)55-31(22-37(49)63)45(71)57-17-8-10-33(57)44(70)50-25/h11-14,25,27-33,58-59H,2-10,15-23H2,1H3,(H2,46,60)(H2,47,61)(H2,48,62)(H2,49,63)(H,50,70)(H,51,64)(H,52,68)(H,53,67)(H,54,66)(H,55,69)(H,56,65)/t25?,27-,28+,29-,30-,31-,32-,33+/m0/s1. The number of carbonyl (C=O) groups is 12. The Hall–Kier alpha value is -7.38. The molecule has 12 amide bonds. The van der Waals surface area contributed by atoms with Crippen molar-refractivity contribution in [2.24, 2.45) is 22.9 Å². The van der Waals surface area contributed by atoms with Crippen molar-refractivity contribution in [2.45, 2.75) is 158 Å². The van der Waals surface area contributed by atoms with E-state index in [1.165, 1.54) is 24.3 Å². The Morgan fingerprint density at radius 2 is 1.07 bits per heavy atom. The van der Waals surface area contributed by atoms with E-state index in [0.29, 0.717) is 18.4 Å². The van der Waals surface area contributed by atoms with Crippen molar-refractivity contribution in [1.29, 1.82) is 0 Å². The lowest BCUT2D eigenvalue weighted by Gasteiger charge is -2.30. The van der Waals surface area contributed by atoms with Gasteiger partial charge in [0.2, 0.25) is 70.9 Å². The van der Waals surface area contributed by atoms with Gasteiger partial charge in [-0.25, -0.2) is 0 Å². The fourth-order valence-electron chi connectivity index (χ4n) is 8.08. The lowest BCUT2D eigenvalue weighted by molar-refractivity contribution is -0.143. The number of hydrogen-bond donors (Lipinski definition) is 13. The second-order valence-electron chi connectivity index (χ2n) is 17.7. The molecule has 26 heteroatoms. The molecule has 2 saturated heterocycles. The average Bonchev–Trinajstić information content (AvgIpc) is 3.79. The highest BCUT2D eigenvalue weighted by Crippen LogP contribution is 2.21. The van der Waals surface area contributed by atoms with Crippen LogP contribution in [0, 0.1) is 0 Å². The molecule has 1 aromatic rings. The average molecular weight is 1000 g/mol. The molecule has 0 aromatic heterocycles. The first-order valence-corrected chi connectivity index (χ1v) is 23.6. The van der Waals surface area contributed by atoms with E-state index in [1.54, 1.807) is 0 Å². The normalized spacial score (nSPS) is 24.6. The molecular formula is C45H68N12O14. The Kier molecular flexibility index (Phi) is 23.6. The van der Waals surface area contributed by atoms with Crippen LogP contribution in [0.15, 0.2) is 24.3 Å². The Balaban J connectivity index is 2.16. The summed E-state index contributed by atoms with van der Waals surface area (Å²) in [7, 11) is 0. The van der Waals surface area contributed by atoms with Crippen molar-refractivity contribution in [1.82, 2.24) is 42.1 Å². The maximum Gasteiger partial charge on any atom is 0.246 e. The zero-order chi connectivity index (χ0) is 52.8. The van der Waals surface area contributed by atoms with Gasteiger partial charge in [0.05, 0.1) is 25.9 Å². The Labute approximate surface area is 409 Å². The summed E-state index contributed by atoms with van der Waals surface area (Å²) in [6, 6.07) is -7.39. The number of amides is 12. The molecular weight excluding hydrogens is 933 g/mol. The molecule has 26 nitrogen and oxygen atoms in total. The zero-order valence-corrected chi connectivity index (χ0v) is 39.7. The third-order valence-electron chi connectivity index (χ3n) is 11.8. The predicted molar refractivity (Wildman–Crippen MR) is 250 cm³/mol. The lowest BCUT2D eigenvalue weighted by Crippen LogP contribution is -2.61. The minimum atomic E-state index is -1.90. The van der Waals surface area contributed by atoms with Crippen molar-refractivity contribution in [2.75, 3.05) is 13.2 Å². The molecule has 0 radical (unpaired) electrons. The van der Waals surface area contributed by atoms with E-state index in [2.05, 4.69) is 44.1 Å². The van der Waals surface area contributed by atoms with Crippen LogP contribution < -0.4 is 60.2 Å². The van der Waals surface area contributed by atoms with E-state index in [4.69, 9.17) is 22.9 Å². The fourth-order valence-corrected chi connectivity index (χ4v) is 8.08. The van der Waals surface area contributed by atoms with E-state index >= 15 is 0 Å². The summed E-state index contributed by atoms with van der Waals surface area (Å²) < 4.78 is 0. The predicted octanol–water partition coefficient (Wildman–Crippen LogP) is -4.64. The number of phenolic OH excluding ortho intramolecular Hbond substituents is 1. The summed E-state index contributed by atoms with van der Waals surface area (Å²) in [5, 5.41) is 36.9. The maximum atomic E-state index is 14.1. The lowest BCUT2D eigenvalue weighted by atomic mass is 10.0. The van der Waals surface area contributed by atoms with Crippen molar-refractivity contribution >= 4 is 70.9 Å². The van der Waals surface area contributed by atoms with Gasteiger partial charge in [0.15, 0.2) is 0 Å². The third-order valence-corrected chi connectivity index (χ3v) is 11.8. The molecule has 17 N–H and O–H groups in total. The Bertz CT molecular complexity index is 2110. The van der Waals surface area contributed by atoms with Gasteiger partial charge in [-0.2, -0.15) is 0 Å². The van der Waals surface area contributed by atoms with Gasteiger partial charge in [0.25, 0.3) is 0 Å². The number of benzene rings is 1. The summed E-state index contributed by atoms with van der Waals surface area (Å²) in [4.78, 5) is 161. The number of aromatic hydroxyl groups is 1. The molecule has 0 bridgehead atoms. The van der Waals surface area contributed by atoms with Gasteiger partial charge in [-0.3, -0.25) is 57.5 Å². The van der Waals surface area contributed by atoms with Gasteiger partial charge in [-0.15, -0.1) is 0 Å². The smallest absolute Gasteiger partial charge is 0.246 e. The first kappa shape index (κ1) is 57.9. The van der Waals surface area contributed by atoms with Gasteiger partial charge in [0, 0.05) is 31.8 Å². The molecule has 1 unspecified atom stereocenters. The highest BCUT2D eigenvalue weighted by molar-refractivity contribution is 6.00. The molecule has 2 heterocycles. The fraction of sp³-hybridized carbons (Fsp3) is 0.600. The molecule has 3 rings (SSSR count). The Morgan fingerprint density at radius 3 is 1.66 bits per heavy atom. The van der Waals surface area contributed by atoms with Crippen LogP contribution in [0.3, 0.4) is 0 Å². The highest BCUT2D eigenvalue weighted by atomic mass is 16.3. The molecule has 392 valence electrons. The first-order valence-electron chi connectivity index (χ1n) is 23.6. The SMILES string of the molecule is CCCCCCCCC1CC(=O)N[C@@H](CC(N)=O)C(=O)N[C@H](Cc2ccc(O)cc2)C(=O)N[C@@H](CC(N)=O)C(=O)N[C@@H](CCC(N)=O)C(=O)N[C@@H](CO)C(=O)N[C@@H](CC(N)=O)C(=O)N2CCC[C@@H]2C(=O)N1.